The number of methoxy groups -OCH3 is 1. The topological polar surface area (TPSA) is 98.9 Å². The van der Waals surface area contributed by atoms with Crippen LogP contribution in [0.5, 0.6) is 11.5 Å². The van der Waals surface area contributed by atoms with E-state index < -0.39 is 28.2 Å². The Morgan fingerprint density at radius 1 is 1.18 bits per heavy atom. The summed E-state index contributed by atoms with van der Waals surface area (Å²) < 4.78 is 57.6. The molecule has 2 unspecified atom stereocenters. The summed E-state index contributed by atoms with van der Waals surface area (Å²) in [6, 6.07) is 1.74. The highest BCUT2D eigenvalue weighted by molar-refractivity contribution is 7.86. The molecule has 13 heteroatoms. The predicted octanol–water partition coefficient (Wildman–Crippen LogP) is 3.23. The first-order chi connectivity index (χ1) is 18.7. The van der Waals surface area contributed by atoms with Gasteiger partial charge in [0.15, 0.2) is 28.9 Å². The quantitative estimate of drug-likeness (QED) is 0.475. The summed E-state index contributed by atoms with van der Waals surface area (Å²) >= 11 is 0. The number of benzene rings is 1. The van der Waals surface area contributed by atoms with Gasteiger partial charge in [-0.25, -0.2) is 17.7 Å². The van der Waals surface area contributed by atoms with E-state index in [9.17, 15) is 22.6 Å². The van der Waals surface area contributed by atoms with E-state index in [1.807, 2.05) is 13.8 Å². The first kappa shape index (κ1) is 27.1. The van der Waals surface area contributed by atoms with Gasteiger partial charge in [0, 0.05) is 43.6 Å². The fourth-order valence-corrected chi connectivity index (χ4v) is 6.34. The molecule has 0 saturated heterocycles. The molecule has 2 bridgehead atoms. The van der Waals surface area contributed by atoms with Crippen molar-refractivity contribution in [3.63, 3.8) is 0 Å². The van der Waals surface area contributed by atoms with Crippen LogP contribution in [0.3, 0.4) is 0 Å². The summed E-state index contributed by atoms with van der Waals surface area (Å²) in [6.07, 6.45) is 1.97. The third-order valence-electron chi connectivity index (χ3n) is 7.29. The van der Waals surface area contributed by atoms with Crippen molar-refractivity contribution in [3.8, 4) is 11.5 Å². The summed E-state index contributed by atoms with van der Waals surface area (Å²) in [6.45, 7) is 4.71. The summed E-state index contributed by atoms with van der Waals surface area (Å²) in [5.41, 5.74) is 0.209. The third-order valence-corrected chi connectivity index (χ3v) is 8.71. The number of carbonyl (C=O) groups excluding carboxylic acids is 1. The molecule has 5 rings (SSSR count). The molecule has 0 N–H and O–H groups in total. The lowest BCUT2D eigenvalue weighted by atomic mass is 10.1. The lowest BCUT2D eigenvalue weighted by Crippen LogP contribution is -2.42. The summed E-state index contributed by atoms with van der Waals surface area (Å²) in [4.78, 5) is 29.1. The fourth-order valence-electron chi connectivity index (χ4n) is 5.30. The first-order valence-corrected chi connectivity index (χ1v) is 14.2. The average Bonchev–Trinajstić information content (AvgIpc) is 3.27. The second-order valence-electron chi connectivity index (χ2n) is 9.76. The van der Waals surface area contributed by atoms with E-state index in [0.29, 0.717) is 43.6 Å². The van der Waals surface area contributed by atoms with Crippen LogP contribution in [0, 0.1) is 11.6 Å². The molecule has 2 atom stereocenters. The van der Waals surface area contributed by atoms with Gasteiger partial charge in [0.05, 0.1) is 20.3 Å². The molecule has 0 fully saturated rings. The van der Waals surface area contributed by atoms with Crippen LogP contribution in [0.2, 0.25) is 0 Å². The second kappa shape index (κ2) is 10.6. The van der Waals surface area contributed by atoms with Crippen molar-refractivity contribution in [1.29, 1.82) is 0 Å². The number of carbonyl (C=O) groups is 1. The molecule has 2 aliphatic heterocycles. The molecule has 4 heterocycles. The Labute approximate surface area is 226 Å². The van der Waals surface area contributed by atoms with Gasteiger partial charge >= 0.3 is 0 Å². The van der Waals surface area contributed by atoms with Gasteiger partial charge in [-0.1, -0.05) is 0 Å². The number of amides is 1. The molecular weight excluding hydrogens is 532 g/mol. The van der Waals surface area contributed by atoms with Gasteiger partial charge in [0.1, 0.15) is 27.6 Å². The lowest BCUT2D eigenvalue weighted by molar-refractivity contribution is 0.0685. The molecule has 2 aliphatic rings. The standard InChI is InChI=1S/C26H31F2N5O5S/c1-5-31-13-15(2)33-21-20(23(37-4)22(33)26(31)35)25(34)32-14-16-11-17(27)18(28)12-19(16)38-9-7-6-8-10-39(36)30(3)24(21)29-32/h11-12,15H,5-10,13-14H2,1-4H3. The molecule has 1 aromatic carbocycles. The van der Waals surface area contributed by atoms with E-state index in [-0.39, 0.29) is 59.1 Å². The maximum absolute atomic E-state index is 14.3. The molecule has 1 amide bonds. The van der Waals surface area contributed by atoms with E-state index in [2.05, 4.69) is 5.10 Å². The van der Waals surface area contributed by atoms with Gasteiger partial charge in [-0.15, -0.1) is 5.10 Å². The molecule has 210 valence electrons. The van der Waals surface area contributed by atoms with E-state index in [1.165, 1.54) is 11.4 Å². The number of hydrogen-bond donors (Lipinski definition) is 0. The van der Waals surface area contributed by atoms with Crippen LogP contribution in [0.1, 0.15) is 55.2 Å². The number of ether oxygens (including phenoxy) is 2. The van der Waals surface area contributed by atoms with Crippen molar-refractivity contribution in [3.05, 3.63) is 45.4 Å². The Morgan fingerprint density at radius 3 is 2.64 bits per heavy atom. The minimum absolute atomic E-state index is 0.101. The van der Waals surface area contributed by atoms with Crippen molar-refractivity contribution in [1.82, 2.24) is 19.2 Å². The molecule has 10 nitrogen and oxygen atoms in total. The minimum Gasteiger partial charge on any atom is -0.493 e. The van der Waals surface area contributed by atoms with Crippen molar-refractivity contribution in [2.75, 3.05) is 43.9 Å². The zero-order valence-corrected chi connectivity index (χ0v) is 23.1. The number of rotatable bonds is 2. The SMILES string of the molecule is CCN1CC(C)n2c(c(OC)c3c(=O)n4nc(c32)N(C)S(=O)CCCCCOc2cc(F)c(F)cc2C4)C1=O. The number of fused-ring (bicyclic) bond motifs is 7. The van der Waals surface area contributed by atoms with Gasteiger partial charge < -0.3 is 18.9 Å². The van der Waals surface area contributed by atoms with E-state index >= 15 is 0 Å². The Balaban J connectivity index is 1.83. The van der Waals surface area contributed by atoms with Crippen LogP contribution in [-0.4, -0.2) is 69.0 Å². The zero-order valence-electron chi connectivity index (χ0n) is 22.3. The van der Waals surface area contributed by atoms with Gasteiger partial charge in [0.2, 0.25) is 0 Å². The Kier molecular flexibility index (Phi) is 7.36. The van der Waals surface area contributed by atoms with Crippen molar-refractivity contribution >= 4 is 33.6 Å². The smallest absolute Gasteiger partial charge is 0.280 e. The first-order valence-electron chi connectivity index (χ1n) is 12.9. The Hall–Kier alpha value is -3.48. The van der Waals surface area contributed by atoms with Gasteiger partial charge in [0.25, 0.3) is 11.5 Å². The normalized spacial score (nSPS) is 20.3. The van der Waals surface area contributed by atoms with Crippen LogP contribution in [0.4, 0.5) is 14.6 Å². The summed E-state index contributed by atoms with van der Waals surface area (Å²) in [5.74, 6) is -1.64. The lowest BCUT2D eigenvalue weighted by Gasteiger charge is -2.33. The number of aromatic nitrogens is 3. The van der Waals surface area contributed by atoms with Crippen LogP contribution in [0.15, 0.2) is 16.9 Å². The predicted molar refractivity (Wildman–Crippen MR) is 143 cm³/mol. The highest BCUT2D eigenvalue weighted by atomic mass is 32.2. The zero-order chi connectivity index (χ0) is 28.0. The number of nitrogens with zero attached hydrogens (tertiary/aromatic N) is 5. The van der Waals surface area contributed by atoms with Crippen molar-refractivity contribution in [2.45, 2.75) is 45.7 Å². The molecule has 3 aromatic rings. The Bertz CT molecular complexity index is 1540. The van der Waals surface area contributed by atoms with Crippen molar-refractivity contribution < 1.29 is 27.3 Å². The van der Waals surface area contributed by atoms with Crippen LogP contribution < -0.4 is 19.3 Å². The van der Waals surface area contributed by atoms with Gasteiger partial charge in [-0.2, -0.15) is 0 Å². The second-order valence-corrected chi connectivity index (χ2v) is 11.4. The van der Waals surface area contributed by atoms with Crippen molar-refractivity contribution in [2.24, 2.45) is 0 Å². The largest absolute Gasteiger partial charge is 0.493 e. The fraction of sp³-hybridized carbons (Fsp3) is 0.500. The summed E-state index contributed by atoms with van der Waals surface area (Å²) in [5, 5.41) is 4.70. The molecule has 0 spiro atoms. The molecule has 0 saturated carbocycles. The van der Waals surface area contributed by atoms with E-state index in [4.69, 9.17) is 9.47 Å². The van der Waals surface area contributed by atoms with Gasteiger partial charge in [-0.3, -0.25) is 13.9 Å². The van der Waals surface area contributed by atoms with E-state index in [1.54, 1.807) is 16.5 Å². The molecule has 0 radical (unpaired) electrons. The molecule has 2 aromatic heterocycles. The highest BCUT2D eigenvalue weighted by Gasteiger charge is 2.38. The monoisotopic (exact) mass is 563 g/mol. The van der Waals surface area contributed by atoms with Crippen LogP contribution in [0.25, 0.3) is 10.9 Å². The molecular formula is C26H31F2N5O5S. The Morgan fingerprint density at radius 2 is 1.92 bits per heavy atom. The minimum atomic E-state index is -1.49. The summed E-state index contributed by atoms with van der Waals surface area (Å²) in [7, 11) is 1.52. The number of anilines is 1. The van der Waals surface area contributed by atoms with Crippen LogP contribution in [-0.2, 0) is 17.5 Å². The van der Waals surface area contributed by atoms with Crippen LogP contribution >= 0.6 is 0 Å². The van der Waals surface area contributed by atoms with Gasteiger partial charge in [-0.05, 0) is 39.2 Å². The molecule has 39 heavy (non-hydrogen) atoms. The maximum atomic E-state index is 14.3. The highest BCUT2D eigenvalue weighted by Crippen LogP contribution is 2.41. The third kappa shape index (κ3) is 4.56. The number of hydrogen-bond acceptors (Lipinski definition) is 6. The average molecular weight is 564 g/mol. The maximum Gasteiger partial charge on any atom is 0.280 e. The number of halogens is 2. The molecule has 0 aliphatic carbocycles. The van der Waals surface area contributed by atoms with E-state index in [0.717, 1.165) is 16.8 Å². The number of likely N-dealkylation sites (N-methyl/N-ethyl adjacent to an activating group) is 1.